The lowest BCUT2D eigenvalue weighted by Crippen LogP contribution is -2.20. The number of nitriles is 1. The molecule has 0 fully saturated rings. The maximum absolute atomic E-state index is 12.3. The Morgan fingerprint density at radius 2 is 1.95 bits per heavy atom. The molecule has 0 aliphatic heterocycles. The van der Waals surface area contributed by atoms with Crippen LogP contribution in [0.15, 0.2) is 35.6 Å². The fourth-order valence-electron chi connectivity index (χ4n) is 1.69. The molecule has 0 radical (unpaired) electrons. The predicted octanol–water partition coefficient (Wildman–Crippen LogP) is 2.54. The number of aliphatic hydroxyl groups is 1. The largest absolute Gasteiger partial charge is 0.512 e. The molecule has 1 aromatic rings. The van der Waals surface area contributed by atoms with Crippen molar-refractivity contribution in [2.75, 3.05) is 7.11 Å². The van der Waals surface area contributed by atoms with Crippen LogP contribution in [-0.4, -0.2) is 24.1 Å². The average Bonchev–Trinajstić information content (AvgIpc) is 2.38. The molecule has 0 spiro atoms. The van der Waals surface area contributed by atoms with E-state index in [1.807, 2.05) is 6.07 Å². The number of ketones is 1. The highest BCUT2D eigenvalue weighted by atomic mass is 17.2. The highest BCUT2D eigenvalue weighted by molar-refractivity contribution is 6.09. The summed E-state index contributed by atoms with van der Waals surface area (Å²) in [7, 11) is 1.33. The van der Waals surface area contributed by atoms with Gasteiger partial charge >= 0.3 is 0 Å². The van der Waals surface area contributed by atoms with Crippen molar-refractivity contribution >= 4 is 5.78 Å². The SMILES string of the molecule is COOC(C)/C(C(=O)c1ccc(C#N)cc1)=C(/C)O. The van der Waals surface area contributed by atoms with Crippen LogP contribution in [-0.2, 0) is 9.78 Å². The molecule has 5 heteroatoms. The zero-order chi connectivity index (χ0) is 14.4. The summed E-state index contributed by atoms with van der Waals surface area (Å²) in [5.74, 6) is -0.493. The van der Waals surface area contributed by atoms with Gasteiger partial charge < -0.3 is 5.11 Å². The van der Waals surface area contributed by atoms with Gasteiger partial charge in [0, 0.05) is 5.56 Å². The number of allylic oxidation sites excluding steroid dienone is 1. The molecule has 100 valence electrons. The van der Waals surface area contributed by atoms with Crippen LogP contribution in [0.2, 0.25) is 0 Å². The van der Waals surface area contributed by atoms with E-state index in [-0.39, 0.29) is 17.1 Å². The highest BCUT2D eigenvalue weighted by Gasteiger charge is 2.22. The van der Waals surface area contributed by atoms with E-state index in [9.17, 15) is 9.90 Å². The molecule has 0 saturated heterocycles. The lowest BCUT2D eigenvalue weighted by Gasteiger charge is -2.14. The summed E-state index contributed by atoms with van der Waals surface area (Å²) in [6.45, 7) is 3.01. The Morgan fingerprint density at radius 1 is 1.37 bits per heavy atom. The molecule has 1 aromatic carbocycles. The number of hydrogen-bond donors (Lipinski definition) is 1. The number of carbonyl (C=O) groups excluding carboxylic acids is 1. The second kappa shape index (κ2) is 6.69. The third kappa shape index (κ3) is 3.65. The number of carbonyl (C=O) groups is 1. The highest BCUT2D eigenvalue weighted by Crippen LogP contribution is 2.18. The summed E-state index contributed by atoms with van der Waals surface area (Å²) in [5.41, 5.74) is 0.949. The summed E-state index contributed by atoms with van der Waals surface area (Å²) in [5, 5.41) is 18.3. The summed E-state index contributed by atoms with van der Waals surface area (Å²) in [6, 6.07) is 8.12. The third-order valence-electron chi connectivity index (χ3n) is 2.56. The topological polar surface area (TPSA) is 79.5 Å². The Balaban J connectivity index is 3.07. The average molecular weight is 261 g/mol. The van der Waals surface area contributed by atoms with Crippen LogP contribution in [0.25, 0.3) is 0 Å². The molecule has 0 bridgehead atoms. The van der Waals surface area contributed by atoms with E-state index in [1.54, 1.807) is 19.1 Å². The number of benzene rings is 1. The minimum atomic E-state index is -0.696. The quantitative estimate of drug-likeness (QED) is 0.289. The zero-order valence-corrected chi connectivity index (χ0v) is 11.0. The first kappa shape index (κ1) is 14.9. The second-order valence-corrected chi connectivity index (χ2v) is 3.92. The van der Waals surface area contributed by atoms with Crippen molar-refractivity contribution in [3.05, 3.63) is 46.7 Å². The molecule has 1 unspecified atom stereocenters. The summed E-state index contributed by atoms with van der Waals surface area (Å²) < 4.78 is 0. The van der Waals surface area contributed by atoms with Crippen molar-refractivity contribution in [2.24, 2.45) is 0 Å². The van der Waals surface area contributed by atoms with Crippen molar-refractivity contribution in [2.45, 2.75) is 20.0 Å². The molecule has 1 rings (SSSR count). The minimum absolute atomic E-state index is 0.117. The molecular formula is C14H15NO4. The molecule has 5 nitrogen and oxygen atoms in total. The number of hydrogen-bond acceptors (Lipinski definition) is 5. The summed E-state index contributed by atoms with van der Waals surface area (Å²) >= 11 is 0. The van der Waals surface area contributed by atoms with Crippen LogP contribution >= 0.6 is 0 Å². The molecule has 0 aliphatic rings. The summed E-state index contributed by atoms with van der Waals surface area (Å²) in [4.78, 5) is 21.6. The lowest BCUT2D eigenvalue weighted by atomic mass is 9.98. The maximum atomic E-state index is 12.3. The zero-order valence-electron chi connectivity index (χ0n) is 11.0. The Bertz CT molecular complexity index is 521. The number of nitrogens with zero attached hydrogens (tertiary/aromatic N) is 1. The smallest absolute Gasteiger partial charge is 0.195 e. The van der Waals surface area contributed by atoms with Gasteiger partial charge in [0.2, 0.25) is 0 Å². The van der Waals surface area contributed by atoms with Gasteiger partial charge in [-0.2, -0.15) is 5.26 Å². The Labute approximate surface area is 111 Å². The number of Topliss-reactive ketones (excluding diaryl/α,β-unsaturated/α-hetero) is 1. The first-order valence-electron chi connectivity index (χ1n) is 5.65. The monoisotopic (exact) mass is 261 g/mol. The molecule has 1 atom stereocenters. The maximum Gasteiger partial charge on any atom is 0.195 e. The van der Waals surface area contributed by atoms with E-state index < -0.39 is 6.10 Å². The lowest BCUT2D eigenvalue weighted by molar-refractivity contribution is -0.291. The van der Waals surface area contributed by atoms with Crippen LogP contribution in [0.4, 0.5) is 0 Å². The van der Waals surface area contributed by atoms with Crippen molar-refractivity contribution in [3.8, 4) is 6.07 Å². The van der Waals surface area contributed by atoms with Crippen LogP contribution in [0, 0.1) is 11.3 Å². The van der Waals surface area contributed by atoms with E-state index in [2.05, 4.69) is 4.89 Å². The number of rotatable bonds is 5. The van der Waals surface area contributed by atoms with Gasteiger partial charge in [0.1, 0.15) is 6.10 Å². The first-order valence-corrected chi connectivity index (χ1v) is 5.65. The van der Waals surface area contributed by atoms with E-state index in [1.165, 1.54) is 26.2 Å². The summed E-state index contributed by atoms with van der Waals surface area (Å²) in [6.07, 6.45) is -0.696. The van der Waals surface area contributed by atoms with Gasteiger partial charge in [-0.1, -0.05) is 0 Å². The van der Waals surface area contributed by atoms with Gasteiger partial charge in [0.25, 0.3) is 0 Å². The van der Waals surface area contributed by atoms with Crippen LogP contribution in [0.3, 0.4) is 0 Å². The molecule has 0 amide bonds. The van der Waals surface area contributed by atoms with Crippen molar-refractivity contribution in [1.29, 1.82) is 5.26 Å². The molecule has 0 heterocycles. The molecule has 19 heavy (non-hydrogen) atoms. The van der Waals surface area contributed by atoms with Gasteiger partial charge in [0.15, 0.2) is 5.78 Å². The molecule has 0 saturated carbocycles. The van der Waals surface area contributed by atoms with Crippen LogP contribution in [0.5, 0.6) is 0 Å². The van der Waals surface area contributed by atoms with E-state index in [0.717, 1.165) is 0 Å². The first-order chi connectivity index (χ1) is 9.01. The third-order valence-corrected chi connectivity index (χ3v) is 2.56. The van der Waals surface area contributed by atoms with Gasteiger partial charge in [-0.05, 0) is 38.1 Å². The molecular weight excluding hydrogens is 246 g/mol. The van der Waals surface area contributed by atoms with Gasteiger partial charge in [-0.25, -0.2) is 9.78 Å². The van der Waals surface area contributed by atoms with Crippen LogP contribution < -0.4 is 0 Å². The minimum Gasteiger partial charge on any atom is -0.512 e. The van der Waals surface area contributed by atoms with Crippen molar-refractivity contribution in [1.82, 2.24) is 0 Å². The van der Waals surface area contributed by atoms with Gasteiger partial charge in [0.05, 0.1) is 30.1 Å². The normalized spacial score (nSPS) is 13.4. The van der Waals surface area contributed by atoms with Crippen LogP contribution in [0.1, 0.15) is 29.8 Å². The molecule has 1 N–H and O–H groups in total. The van der Waals surface area contributed by atoms with E-state index >= 15 is 0 Å². The predicted molar refractivity (Wildman–Crippen MR) is 68.4 cm³/mol. The van der Waals surface area contributed by atoms with Crippen molar-refractivity contribution < 1.29 is 19.7 Å². The molecule has 0 aliphatic carbocycles. The van der Waals surface area contributed by atoms with Crippen molar-refractivity contribution in [3.63, 3.8) is 0 Å². The van der Waals surface area contributed by atoms with E-state index in [4.69, 9.17) is 10.1 Å². The Morgan fingerprint density at radius 3 is 2.37 bits per heavy atom. The number of aliphatic hydroxyl groups excluding tert-OH is 1. The standard InChI is InChI=1S/C14H15NO4/c1-9(16)13(10(2)19-18-3)14(17)12-6-4-11(8-15)5-7-12/h4-7,10,16H,1-3H3/b13-9+. The second-order valence-electron chi connectivity index (χ2n) is 3.92. The van der Waals surface area contributed by atoms with Gasteiger partial charge in [-0.3, -0.25) is 4.79 Å². The van der Waals surface area contributed by atoms with E-state index in [0.29, 0.717) is 11.1 Å². The fourth-order valence-corrected chi connectivity index (χ4v) is 1.69. The Kier molecular flexibility index (Phi) is 5.24. The fraction of sp³-hybridized carbons (Fsp3) is 0.286. The molecule has 0 aromatic heterocycles. The van der Waals surface area contributed by atoms with Gasteiger partial charge in [-0.15, -0.1) is 0 Å². The Hall–Kier alpha value is -2.16.